The highest BCUT2D eigenvalue weighted by atomic mass is 16.5. The molecular weight excluding hydrogens is 164 g/mol. The van der Waals surface area contributed by atoms with Gasteiger partial charge in [0.25, 0.3) is 0 Å². The van der Waals surface area contributed by atoms with Crippen molar-refractivity contribution in [2.45, 2.75) is 13.0 Å². The summed E-state index contributed by atoms with van der Waals surface area (Å²) in [5, 5.41) is 9.30. The number of methoxy groups -OCH3 is 1. The lowest BCUT2D eigenvalue weighted by Gasteiger charge is -2.09. The van der Waals surface area contributed by atoms with Gasteiger partial charge in [0.05, 0.1) is 13.2 Å². The van der Waals surface area contributed by atoms with Gasteiger partial charge in [-0.15, -0.1) is 0 Å². The molecule has 0 aromatic heterocycles. The Kier molecular flexibility index (Phi) is 3.09. The van der Waals surface area contributed by atoms with Crippen LogP contribution in [0.5, 0.6) is 5.75 Å². The van der Waals surface area contributed by atoms with Crippen molar-refractivity contribution in [3.63, 3.8) is 0 Å². The number of benzene rings is 1. The molecule has 70 valence electrons. The van der Waals surface area contributed by atoms with Crippen LogP contribution < -0.4 is 4.74 Å². The van der Waals surface area contributed by atoms with Crippen molar-refractivity contribution in [1.29, 1.82) is 0 Å². The van der Waals surface area contributed by atoms with Crippen LogP contribution in [0.3, 0.4) is 0 Å². The summed E-state index contributed by atoms with van der Waals surface area (Å²) in [6.45, 7) is 5.49. The summed E-state index contributed by atoms with van der Waals surface area (Å²) in [7, 11) is 1.62. The van der Waals surface area contributed by atoms with Gasteiger partial charge in [-0.05, 0) is 30.2 Å². The van der Waals surface area contributed by atoms with Crippen molar-refractivity contribution in [2.75, 3.05) is 7.11 Å². The van der Waals surface area contributed by atoms with Crippen molar-refractivity contribution >= 4 is 5.57 Å². The number of hydrogen-bond acceptors (Lipinski definition) is 2. The molecule has 1 aromatic carbocycles. The van der Waals surface area contributed by atoms with Gasteiger partial charge < -0.3 is 9.84 Å². The second-order valence-corrected chi connectivity index (χ2v) is 2.93. The number of aliphatic hydroxyl groups is 1. The van der Waals surface area contributed by atoms with E-state index in [0.717, 1.165) is 11.3 Å². The molecule has 0 aliphatic carbocycles. The Morgan fingerprint density at radius 2 is 2.23 bits per heavy atom. The lowest BCUT2D eigenvalue weighted by atomic mass is 10.0. The average molecular weight is 178 g/mol. The predicted octanol–water partition coefficient (Wildman–Crippen LogP) is 2.09. The molecule has 2 nitrogen and oxygen atoms in total. The molecule has 0 saturated carbocycles. The lowest BCUT2D eigenvalue weighted by molar-refractivity contribution is 0.253. The Balaban J connectivity index is 2.95. The molecule has 0 aliphatic rings. The molecule has 1 N–H and O–H groups in total. The fraction of sp³-hybridized carbons (Fsp3) is 0.273. The molecule has 0 aliphatic heterocycles. The monoisotopic (exact) mass is 178 g/mol. The highest BCUT2D eigenvalue weighted by Gasteiger charge is 2.05. The van der Waals surface area contributed by atoms with Crippen molar-refractivity contribution in [2.24, 2.45) is 0 Å². The molecule has 0 radical (unpaired) electrons. The van der Waals surface area contributed by atoms with E-state index in [4.69, 9.17) is 4.74 Å². The Bertz CT molecular complexity index is 303. The van der Waals surface area contributed by atoms with Crippen molar-refractivity contribution in [3.05, 3.63) is 36.4 Å². The number of rotatable bonds is 3. The maximum Gasteiger partial charge on any atom is 0.119 e. The summed E-state index contributed by atoms with van der Waals surface area (Å²) in [4.78, 5) is 0. The minimum atomic E-state index is -0.521. The zero-order valence-electron chi connectivity index (χ0n) is 7.95. The topological polar surface area (TPSA) is 29.5 Å². The molecule has 0 saturated heterocycles. The standard InChI is InChI=1S/C11H14O2/c1-8(9(2)12)10-5-4-6-11(7-10)13-3/h4-7,9,12H,1H2,2-3H3/t9-/m1/s1. The summed E-state index contributed by atoms with van der Waals surface area (Å²) in [5.74, 6) is 0.777. The molecule has 0 unspecified atom stereocenters. The SMILES string of the molecule is C=C(c1cccc(OC)c1)[C@@H](C)O. The van der Waals surface area contributed by atoms with Crippen molar-refractivity contribution < 1.29 is 9.84 Å². The molecule has 1 rings (SSSR count). The Morgan fingerprint density at radius 1 is 1.54 bits per heavy atom. The lowest BCUT2D eigenvalue weighted by Crippen LogP contribution is -2.02. The number of aliphatic hydroxyl groups excluding tert-OH is 1. The Morgan fingerprint density at radius 3 is 2.77 bits per heavy atom. The van der Waals surface area contributed by atoms with E-state index in [-0.39, 0.29) is 0 Å². The van der Waals surface area contributed by atoms with E-state index >= 15 is 0 Å². The quantitative estimate of drug-likeness (QED) is 0.768. The highest BCUT2D eigenvalue weighted by Crippen LogP contribution is 2.20. The molecule has 0 fully saturated rings. The van der Waals surface area contributed by atoms with E-state index in [1.807, 2.05) is 24.3 Å². The normalized spacial score (nSPS) is 12.2. The minimum Gasteiger partial charge on any atom is -0.497 e. The first-order chi connectivity index (χ1) is 6.15. The molecule has 0 bridgehead atoms. The zero-order valence-corrected chi connectivity index (χ0v) is 7.95. The highest BCUT2D eigenvalue weighted by molar-refractivity contribution is 5.67. The second kappa shape index (κ2) is 4.10. The van der Waals surface area contributed by atoms with E-state index in [0.29, 0.717) is 5.57 Å². The van der Waals surface area contributed by atoms with Gasteiger partial charge in [0, 0.05) is 0 Å². The van der Waals surface area contributed by atoms with Gasteiger partial charge in [-0.2, -0.15) is 0 Å². The number of ether oxygens (including phenoxy) is 1. The molecule has 13 heavy (non-hydrogen) atoms. The van der Waals surface area contributed by atoms with E-state index in [9.17, 15) is 5.11 Å². The third kappa shape index (κ3) is 2.33. The molecule has 1 atom stereocenters. The first-order valence-electron chi connectivity index (χ1n) is 4.16. The van der Waals surface area contributed by atoms with Crippen LogP contribution in [-0.2, 0) is 0 Å². The minimum absolute atomic E-state index is 0.521. The van der Waals surface area contributed by atoms with E-state index in [2.05, 4.69) is 6.58 Å². The van der Waals surface area contributed by atoms with Gasteiger partial charge in [-0.1, -0.05) is 18.7 Å². The molecule has 0 heterocycles. The molecule has 0 amide bonds. The summed E-state index contributed by atoms with van der Waals surface area (Å²) in [6, 6.07) is 7.49. The predicted molar refractivity (Wildman–Crippen MR) is 53.7 cm³/mol. The van der Waals surface area contributed by atoms with Crippen LogP contribution in [0.2, 0.25) is 0 Å². The van der Waals surface area contributed by atoms with Crippen LogP contribution in [-0.4, -0.2) is 18.3 Å². The van der Waals surface area contributed by atoms with Crippen LogP contribution in [0.1, 0.15) is 12.5 Å². The van der Waals surface area contributed by atoms with Gasteiger partial charge in [0.15, 0.2) is 0 Å². The van der Waals surface area contributed by atoms with Crippen LogP contribution in [0.4, 0.5) is 0 Å². The van der Waals surface area contributed by atoms with Crippen molar-refractivity contribution in [1.82, 2.24) is 0 Å². The van der Waals surface area contributed by atoms with E-state index in [1.165, 1.54) is 0 Å². The Hall–Kier alpha value is -1.28. The van der Waals surface area contributed by atoms with Crippen LogP contribution >= 0.6 is 0 Å². The van der Waals surface area contributed by atoms with Gasteiger partial charge in [0.1, 0.15) is 5.75 Å². The van der Waals surface area contributed by atoms with Crippen LogP contribution in [0.25, 0.3) is 5.57 Å². The maximum absolute atomic E-state index is 9.30. The summed E-state index contributed by atoms with van der Waals surface area (Å²) in [5.41, 5.74) is 1.62. The fourth-order valence-electron chi connectivity index (χ4n) is 1.06. The van der Waals surface area contributed by atoms with Gasteiger partial charge in [0.2, 0.25) is 0 Å². The second-order valence-electron chi connectivity index (χ2n) is 2.93. The molecule has 2 heteroatoms. The third-order valence-corrected chi connectivity index (χ3v) is 1.94. The third-order valence-electron chi connectivity index (χ3n) is 1.94. The van der Waals surface area contributed by atoms with E-state index < -0.39 is 6.10 Å². The average Bonchev–Trinajstić information content (AvgIpc) is 2.16. The van der Waals surface area contributed by atoms with E-state index in [1.54, 1.807) is 14.0 Å². The summed E-state index contributed by atoms with van der Waals surface area (Å²) < 4.78 is 5.06. The molecule has 0 spiro atoms. The first kappa shape index (κ1) is 9.81. The Labute approximate surface area is 78.5 Å². The summed E-state index contributed by atoms with van der Waals surface area (Å²) in [6.07, 6.45) is -0.521. The van der Waals surface area contributed by atoms with Crippen LogP contribution in [0.15, 0.2) is 30.8 Å². The van der Waals surface area contributed by atoms with Crippen LogP contribution in [0, 0.1) is 0 Å². The zero-order chi connectivity index (χ0) is 9.84. The van der Waals surface area contributed by atoms with Gasteiger partial charge >= 0.3 is 0 Å². The van der Waals surface area contributed by atoms with Crippen molar-refractivity contribution in [3.8, 4) is 5.75 Å². The van der Waals surface area contributed by atoms with Gasteiger partial charge in [-0.3, -0.25) is 0 Å². The number of hydrogen-bond donors (Lipinski definition) is 1. The summed E-state index contributed by atoms with van der Waals surface area (Å²) >= 11 is 0. The largest absolute Gasteiger partial charge is 0.497 e. The maximum atomic E-state index is 9.30. The fourth-order valence-corrected chi connectivity index (χ4v) is 1.06. The first-order valence-corrected chi connectivity index (χ1v) is 4.16. The van der Waals surface area contributed by atoms with Gasteiger partial charge in [-0.25, -0.2) is 0 Å². The molecule has 1 aromatic rings. The smallest absolute Gasteiger partial charge is 0.119 e. The molecular formula is C11H14O2.